The van der Waals surface area contributed by atoms with Gasteiger partial charge in [0.1, 0.15) is 17.7 Å². The van der Waals surface area contributed by atoms with Crippen LogP contribution in [0.3, 0.4) is 0 Å². The van der Waals surface area contributed by atoms with Crippen LogP contribution in [-0.4, -0.2) is 29.3 Å². The lowest BCUT2D eigenvalue weighted by molar-refractivity contribution is -0.121. The van der Waals surface area contributed by atoms with E-state index in [1.165, 1.54) is 22.5 Å². The van der Waals surface area contributed by atoms with Gasteiger partial charge in [0, 0.05) is 6.61 Å². The Balaban J connectivity index is 1.45. The highest BCUT2D eigenvalue weighted by Gasteiger charge is 2.22. The highest BCUT2D eigenvalue weighted by molar-refractivity contribution is 7.15. The zero-order chi connectivity index (χ0) is 16.9. The monoisotopic (exact) mass is 347 g/mol. The molecule has 6 nitrogen and oxygen atoms in total. The second-order valence-electron chi connectivity index (χ2n) is 5.92. The summed E-state index contributed by atoms with van der Waals surface area (Å²) in [6.07, 6.45) is 2.02. The molecule has 0 aliphatic carbocycles. The van der Waals surface area contributed by atoms with Crippen molar-refractivity contribution >= 4 is 22.4 Å². The van der Waals surface area contributed by atoms with Crippen LogP contribution in [0.25, 0.3) is 0 Å². The molecule has 0 bridgehead atoms. The summed E-state index contributed by atoms with van der Waals surface area (Å²) >= 11 is 1.36. The molecule has 3 rings (SSSR count). The van der Waals surface area contributed by atoms with Crippen molar-refractivity contribution in [2.24, 2.45) is 0 Å². The summed E-state index contributed by atoms with van der Waals surface area (Å²) in [5, 5.41) is 12.1. The van der Waals surface area contributed by atoms with E-state index in [-0.39, 0.29) is 18.6 Å². The van der Waals surface area contributed by atoms with Gasteiger partial charge in [0.2, 0.25) is 5.13 Å². The molecule has 2 heterocycles. The number of aryl methyl sites for hydroxylation is 2. The number of hydrogen-bond donors (Lipinski definition) is 1. The van der Waals surface area contributed by atoms with E-state index in [0.29, 0.717) is 11.7 Å². The summed E-state index contributed by atoms with van der Waals surface area (Å²) in [6.45, 7) is 5.26. The minimum Gasteiger partial charge on any atom is -0.371 e. The fourth-order valence-electron chi connectivity index (χ4n) is 2.60. The summed E-state index contributed by atoms with van der Waals surface area (Å²) in [5.74, 6) is -0.227. The Bertz CT molecular complexity index is 711. The zero-order valence-electron chi connectivity index (χ0n) is 13.9. The number of ether oxygens (including phenoxy) is 2. The summed E-state index contributed by atoms with van der Waals surface area (Å²) < 4.78 is 11.1. The molecule has 1 aromatic heterocycles. The molecular weight excluding hydrogens is 326 g/mol. The van der Waals surface area contributed by atoms with Crippen LogP contribution in [0, 0.1) is 13.8 Å². The van der Waals surface area contributed by atoms with Gasteiger partial charge in [-0.1, -0.05) is 35.1 Å². The van der Waals surface area contributed by atoms with Gasteiger partial charge >= 0.3 is 0 Å². The van der Waals surface area contributed by atoms with Gasteiger partial charge in [-0.05, 0) is 37.8 Å². The van der Waals surface area contributed by atoms with Gasteiger partial charge in [-0.25, -0.2) is 0 Å². The van der Waals surface area contributed by atoms with Crippen LogP contribution in [-0.2, 0) is 20.9 Å². The Kier molecular flexibility index (Phi) is 5.55. The molecule has 0 saturated carbocycles. The van der Waals surface area contributed by atoms with Gasteiger partial charge in [-0.2, -0.15) is 0 Å². The van der Waals surface area contributed by atoms with Crippen LogP contribution in [0.4, 0.5) is 5.13 Å². The molecule has 2 aromatic rings. The molecule has 1 aromatic carbocycles. The predicted molar refractivity (Wildman–Crippen MR) is 92.0 cm³/mol. The van der Waals surface area contributed by atoms with Gasteiger partial charge in [-0.3, -0.25) is 10.1 Å². The molecule has 128 valence electrons. The molecule has 1 atom stereocenters. The normalized spacial score (nSPS) is 17.2. The highest BCUT2D eigenvalue weighted by atomic mass is 32.1. The number of carbonyl (C=O) groups excluding carboxylic acids is 1. The number of nitrogens with zero attached hydrogens (tertiary/aromatic N) is 2. The van der Waals surface area contributed by atoms with E-state index in [1.54, 1.807) is 0 Å². The van der Waals surface area contributed by atoms with E-state index in [0.717, 1.165) is 30.0 Å². The van der Waals surface area contributed by atoms with Gasteiger partial charge in [0.15, 0.2) is 0 Å². The first-order chi connectivity index (χ1) is 11.6. The van der Waals surface area contributed by atoms with E-state index in [9.17, 15) is 4.79 Å². The van der Waals surface area contributed by atoms with Crippen molar-refractivity contribution in [3.05, 3.63) is 39.9 Å². The van der Waals surface area contributed by atoms with Crippen molar-refractivity contribution in [3.63, 3.8) is 0 Å². The molecule has 1 saturated heterocycles. The molecule has 1 aliphatic rings. The third kappa shape index (κ3) is 4.37. The quantitative estimate of drug-likeness (QED) is 0.869. The van der Waals surface area contributed by atoms with E-state index in [4.69, 9.17) is 9.47 Å². The van der Waals surface area contributed by atoms with Crippen LogP contribution in [0.1, 0.15) is 40.6 Å². The number of anilines is 1. The number of rotatable bonds is 6. The van der Waals surface area contributed by atoms with E-state index < -0.39 is 0 Å². The molecular formula is C17H21N3O3S. The van der Waals surface area contributed by atoms with E-state index >= 15 is 0 Å². The van der Waals surface area contributed by atoms with Gasteiger partial charge in [0.05, 0.1) is 6.61 Å². The van der Waals surface area contributed by atoms with Gasteiger partial charge < -0.3 is 9.47 Å². The molecule has 0 spiro atoms. The highest BCUT2D eigenvalue weighted by Crippen LogP contribution is 2.31. The lowest BCUT2D eigenvalue weighted by atomic mass is 10.1. The standard InChI is InChI=1S/C17H21N3O3S/c1-11-5-6-13(12(2)8-11)9-22-10-15(21)18-17-20-19-16(24-17)14-4-3-7-23-14/h5-6,8,14H,3-4,7,9-10H2,1-2H3,(H,18,20,21). The Hall–Kier alpha value is -1.83. The zero-order valence-corrected chi connectivity index (χ0v) is 14.7. The number of amides is 1. The van der Waals surface area contributed by atoms with Gasteiger partial charge in [-0.15, -0.1) is 10.2 Å². The largest absolute Gasteiger partial charge is 0.371 e. The summed E-state index contributed by atoms with van der Waals surface area (Å²) in [7, 11) is 0. The third-order valence-corrected chi connectivity index (χ3v) is 4.81. The fraction of sp³-hybridized carbons (Fsp3) is 0.471. The van der Waals surface area contributed by atoms with Crippen molar-refractivity contribution < 1.29 is 14.3 Å². The Morgan fingerprint density at radius 1 is 1.42 bits per heavy atom. The van der Waals surface area contributed by atoms with Gasteiger partial charge in [0.25, 0.3) is 5.91 Å². The number of hydrogen-bond acceptors (Lipinski definition) is 6. The maximum Gasteiger partial charge on any atom is 0.252 e. The van der Waals surface area contributed by atoms with Crippen molar-refractivity contribution in [2.45, 2.75) is 39.4 Å². The number of benzene rings is 1. The molecule has 1 unspecified atom stereocenters. The Labute approximate surface area is 145 Å². The van der Waals surface area contributed by atoms with E-state index in [2.05, 4.69) is 28.5 Å². The second kappa shape index (κ2) is 7.83. The van der Waals surface area contributed by atoms with E-state index in [1.807, 2.05) is 19.1 Å². The van der Waals surface area contributed by atoms with Crippen molar-refractivity contribution in [2.75, 3.05) is 18.5 Å². The van der Waals surface area contributed by atoms with Crippen molar-refractivity contribution in [1.82, 2.24) is 10.2 Å². The minimum absolute atomic E-state index is 0.0117. The fourth-order valence-corrected chi connectivity index (χ4v) is 3.45. The predicted octanol–water partition coefficient (Wildman–Crippen LogP) is 3.16. The Morgan fingerprint density at radius 2 is 2.29 bits per heavy atom. The molecule has 7 heteroatoms. The average Bonchev–Trinajstić information content (AvgIpc) is 3.20. The molecule has 24 heavy (non-hydrogen) atoms. The third-order valence-electron chi connectivity index (χ3n) is 3.88. The number of carbonyl (C=O) groups is 1. The molecule has 1 amide bonds. The lowest BCUT2D eigenvalue weighted by Gasteiger charge is -2.08. The van der Waals surface area contributed by atoms with Crippen LogP contribution < -0.4 is 5.32 Å². The molecule has 0 radical (unpaired) electrons. The molecule has 1 fully saturated rings. The van der Waals surface area contributed by atoms with Crippen LogP contribution in [0.5, 0.6) is 0 Å². The number of aromatic nitrogens is 2. The summed E-state index contributed by atoms with van der Waals surface area (Å²) in [4.78, 5) is 11.9. The lowest BCUT2D eigenvalue weighted by Crippen LogP contribution is -2.18. The first kappa shape index (κ1) is 17.0. The second-order valence-corrected chi connectivity index (χ2v) is 6.93. The average molecular weight is 347 g/mol. The Morgan fingerprint density at radius 3 is 3.04 bits per heavy atom. The summed E-state index contributed by atoms with van der Waals surface area (Å²) in [5.41, 5.74) is 3.47. The van der Waals surface area contributed by atoms with Crippen molar-refractivity contribution in [3.8, 4) is 0 Å². The minimum atomic E-state index is -0.227. The van der Waals surface area contributed by atoms with Crippen LogP contribution in [0.2, 0.25) is 0 Å². The maximum absolute atomic E-state index is 11.9. The number of nitrogens with one attached hydrogen (secondary N) is 1. The molecule has 1 N–H and O–H groups in total. The molecule has 1 aliphatic heterocycles. The van der Waals surface area contributed by atoms with Crippen LogP contribution >= 0.6 is 11.3 Å². The topological polar surface area (TPSA) is 73.3 Å². The summed E-state index contributed by atoms with van der Waals surface area (Å²) in [6, 6.07) is 6.17. The SMILES string of the molecule is Cc1ccc(COCC(=O)Nc2nnc(C3CCCO3)s2)c(C)c1. The first-order valence-electron chi connectivity index (χ1n) is 8.00. The van der Waals surface area contributed by atoms with Crippen LogP contribution in [0.15, 0.2) is 18.2 Å². The smallest absolute Gasteiger partial charge is 0.252 e. The van der Waals surface area contributed by atoms with Crippen molar-refractivity contribution in [1.29, 1.82) is 0 Å². The first-order valence-corrected chi connectivity index (χ1v) is 8.82. The maximum atomic E-state index is 11.9.